The molecule has 1 fully saturated rings. The summed E-state index contributed by atoms with van der Waals surface area (Å²) >= 11 is 0. The maximum atomic E-state index is 12.9. The zero-order valence-corrected chi connectivity index (χ0v) is 19.9. The Kier molecular flexibility index (Phi) is 7.82. The molecule has 1 amide bonds. The van der Waals surface area contributed by atoms with Gasteiger partial charge in [-0.1, -0.05) is 12.1 Å². The van der Waals surface area contributed by atoms with Gasteiger partial charge in [-0.15, -0.1) is 0 Å². The van der Waals surface area contributed by atoms with Gasteiger partial charge in [0, 0.05) is 42.3 Å². The summed E-state index contributed by atoms with van der Waals surface area (Å²) in [7, 11) is 0. The van der Waals surface area contributed by atoms with Gasteiger partial charge >= 0.3 is 5.97 Å². The van der Waals surface area contributed by atoms with Gasteiger partial charge in [0.2, 0.25) is 0 Å². The fourth-order valence-electron chi connectivity index (χ4n) is 4.80. The molecule has 0 aliphatic carbocycles. The zero-order chi connectivity index (χ0) is 24.1. The van der Waals surface area contributed by atoms with Crippen LogP contribution in [0.25, 0.3) is 11.6 Å². The second-order valence-corrected chi connectivity index (χ2v) is 8.62. The Hall–Kier alpha value is -2.94. The van der Waals surface area contributed by atoms with Crippen molar-refractivity contribution in [2.24, 2.45) is 0 Å². The second-order valence-electron chi connectivity index (χ2n) is 8.62. The molecular formula is C26H33N3O5. The van der Waals surface area contributed by atoms with Crippen LogP contribution in [0.3, 0.4) is 0 Å². The lowest BCUT2D eigenvalue weighted by atomic mass is 9.96. The van der Waals surface area contributed by atoms with Crippen molar-refractivity contribution in [3.63, 3.8) is 0 Å². The summed E-state index contributed by atoms with van der Waals surface area (Å²) in [5.74, 6) is -0.538. The highest BCUT2D eigenvalue weighted by Gasteiger charge is 2.28. The molecule has 2 aromatic rings. The lowest BCUT2D eigenvalue weighted by molar-refractivity contribution is -0.110. The van der Waals surface area contributed by atoms with E-state index in [4.69, 9.17) is 9.47 Å². The van der Waals surface area contributed by atoms with Crippen LogP contribution < -0.4 is 5.32 Å². The monoisotopic (exact) mass is 467 g/mol. The number of carbonyl (C=O) groups is 2. The Morgan fingerprint density at radius 1 is 1.26 bits per heavy atom. The number of ether oxygens (including phenoxy) is 2. The number of carbonyl (C=O) groups excluding carboxylic acids is 2. The molecule has 0 radical (unpaired) electrons. The first kappa shape index (κ1) is 24.2. The predicted octanol–water partition coefficient (Wildman–Crippen LogP) is 2.79. The van der Waals surface area contributed by atoms with Gasteiger partial charge < -0.3 is 24.9 Å². The quantitative estimate of drug-likeness (QED) is 0.387. The molecule has 1 aromatic heterocycles. The van der Waals surface area contributed by atoms with E-state index in [2.05, 4.69) is 15.2 Å². The normalized spacial score (nSPS) is 17.1. The molecule has 1 aromatic carbocycles. The minimum absolute atomic E-state index is 0.000664. The number of H-pyrrole nitrogens is 1. The molecule has 0 bridgehead atoms. The van der Waals surface area contributed by atoms with Crippen LogP contribution in [0, 0.1) is 6.92 Å². The lowest BCUT2D eigenvalue weighted by Gasteiger charge is -2.26. The molecule has 0 spiro atoms. The first-order valence-corrected chi connectivity index (χ1v) is 12.0. The molecule has 0 unspecified atom stereocenters. The highest BCUT2D eigenvalue weighted by molar-refractivity contribution is 6.35. The van der Waals surface area contributed by atoms with Crippen molar-refractivity contribution in [3.05, 3.63) is 51.8 Å². The van der Waals surface area contributed by atoms with E-state index in [-0.39, 0.29) is 18.5 Å². The van der Waals surface area contributed by atoms with Crippen LogP contribution in [0.15, 0.2) is 18.2 Å². The number of amides is 1. The van der Waals surface area contributed by atoms with Gasteiger partial charge in [-0.2, -0.15) is 0 Å². The van der Waals surface area contributed by atoms with Gasteiger partial charge in [0.05, 0.1) is 31.0 Å². The number of aromatic amines is 1. The molecule has 2 aliphatic heterocycles. The standard InChI is InChI=1S/C26H33N3O5/c1-3-34-26(32)23-17(2)27-22(19(23)7-5-10-29-11-14-33-15-12-29)16-20-24-18(9-13-30)6-4-8-21(24)28-25(20)31/h4,6,8,16,27,30H,3,5,7,9-15H2,1-2H3,(H,28,31). The fraction of sp³-hybridized carbons (Fsp3) is 0.462. The number of fused-ring (bicyclic) bond motifs is 1. The molecular weight excluding hydrogens is 434 g/mol. The first-order valence-electron chi connectivity index (χ1n) is 12.0. The topological polar surface area (TPSA) is 104 Å². The van der Waals surface area contributed by atoms with E-state index in [0.717, 1.165) is 73.0 Å². The summed E-state index contributed by atoms with van der Waals surface area (Å²) in [4.78, 5) is 31.4. The number of benzene rings is 1. The number of aromatic nitrogens is 1. The van der Waals surface area contributed by atoms with E-state index < -0.39 is 0 Å². The molecule has 0 atom stereocenters. The molecule has 3 N–H and O–H groups in total. The van der Waals surface area contributed by atoms with Crippen molar-refractivity contribution < 1.29 is 24.2 Å². The average molecular weight is 468 g/mol. The van der Waals surface area contributed by atoms with Gasteiger partial charge in [-0.05, 0) is 62.9 Å². The van der Waals surface area contributed by atoms with Crippen LogP contribution >= 0.6 is 0 Å². The first-order chi connectivity index (χ1) is 16.5. The third-order valence-corrected chi connectivity index (χ3v) is 6.39. The number of hydrogen-bond acceptors (Lipinski definition) is 6. The number of nitrogens with one attached hydrogen (secondary N) is 2. The third-order valence-electron chi connectivity index (χ3n) is 6.39. The van der Waals surface area contributed by atoms with Crippen molar-refractivity contribution in [1.29, 1.82) is 0 Å². The molecule has 8 heteroatoms. The van der Waals surface area contributed by atoms with E-state index in [1.165, 1.54) is 0 Å². The van der Waals surface area contributed by atoms with Gasteiger partial charge in [0.15, 0.2) is 0 Å². The van der Waals surface area contributed by atoms with Crippen LogP contribution in [0.1, 0.15) is 51.8 Å². The SMILES string of the molecule is CCOC(=O)c1c(C)[nH]c(C=C2C(=O)Nc3cccc(CCO)c32)c1CCCN1CCOCC1. The van der Waals surface area contributed by atoms with Crippen LogP contribution in [0.2, 0.25) is 0 Å². The van der Waals surface area contributed by atoms with E-state index in [0.29, 0.717) is 30.6 Å². The van der Waals surface area contributed by atoms with Crippen LogP contribution in [0.4, 0.5) is 5.69 Å². The smallest absolute Gasteiger partial charge is 0.340 e. The van der Waals surface area contributed by atoms with Gasteiger partial charge in [-0.3, -0.25) is 9.69 Å². The maximum Gasteiger partial charge on any atom is 0.340 e. The number of aliphatic hydroxyl groups excluding tert-OH is 1. The Morgan fingerprint density at radius 3 is 2.79 bits per heavy atom. The number of aliphatic hydroxyl groups is 1. The van der Waals surface area contributed by atoms with Crippen molar-refractivity contribution in [2.75, 3.05) is 51.4 Å². The molecule has 4 rings (SSSR count). The van der Waals surface area contributed by atoms with Crippen molar-refractivity contribution in [2.45, 2.75) is 33.1 Å². The molecule has 0 saturated carbocycles. The summed E-state index contributed by atoms with van der Waals surface area (Å²) in [6, 6.07) is 5.67. The fourth-order valence-corrected chi connectivity index (χ4v) is 4.80. The molecule has 8 nitrogen and oxygen atoms in total. The highest BCUT2D eigenvalue weighted by atomic mass is 16.5. The molecule has 2 aliphatic rings. The minimum Gasteiger partial charge on any atom is -0.462 e. The summed E-state index contributed by atoms with van der Waals surface area (Å²) in [5.41, 5.74) is 5.90. The molecule has 1 saturated heterocycles. The van der Waals surface area contributed by atoms with Gasteiger partial charge in [0.25, 0.3) is 5.91 Å². The van der Waals surface area contributed by atoms with Crippen molar-refractivity contribution in [3.8, 4) is 0 Å². The molecule has 3 heterocycles. The number of anilines is 1. The Labute approximate surface area is 199 Å². The van der Waals surface area contributed by atoms with Gasteiger partial charge in [-0.25, -0.2) is 4.79 Å². The summed E-state index contributed by atoms with van der Waals surface area (Å²) in [6.45, 7) is 8.20. The maximum absolute atomic E-state index is 12.9. The third kappa shape index (κ3) is 5.09. The van der Waals surface area contributed by atoms with Crippen LogP contribution in [-0.4, -0.2) is 72.9 Å². The Balaban J connectivity index is 1.69. The van der Waals surface area contributed by atoms with Crippen LogP contribution in [-0.2, 0) is 27.1 Å². The number of aryl methyl sites for hydroxylation is 1. The second kappa shape index (κ2) is 11.0. The number of nitrogens with zero attached hydrogens (tertiary/aromatic N) is 1. The molecule has 182 valence electrons. The predicted molar refractivity (Wildman–Crippen MR) is 131 cm³/mol. The van der Waals surface area contributed by atoms with Crippen molar-refractivity contribution in [1.82, 2.24) is 9.88 Å². The van der Waals surface area contributed by atoms with Crippen LogP contribution in [0.5, 0.6) is 0 Å². The lowest BCUT2D eigenvalue weighted by Crippen LogP contribution is -2.37. The van der Waals surface area contributed by atoms with Gasteiger partial charge in [0.1, 0.15) is 0 Å². The largest absolute Gasteiger partial charge is 0.462 e. The number of hydrogen-bond donors (Lipinski definition) is 3. The number of morpholine rings is 1. The van der Waals surface area contributed by atoms with E-state index in [1.54, 1.807) is 6.92 Å². The van der Waals surface area contributed by atoms with E-state index in [9.17, 15) is 14.7 Å². The molecule has 34 heavy (non-hydrogen) atoms. The Morgan fingerprint density at radius 2 is 2.06 bits per heavy atom. The number of esters is 1. The number of rotatable bonds is 9. The highest BCUT2D eigenvalue weighted by Crippen LogP contribution is 2.37. The Bertz CT molecular complexity index is 1080. The van der Waals surface area contributed by atoms with E-state index >= 15 is 0 Å². The average Bonchev–Trinajstić information content (AvgIpc) is 3.31. The zero-order valence-electron chi connectivity index (χ0n) is 19.9. The summed E-state index contributed by atoms with van der Waals surface area (Å²) in [6.07, 6.45) is 3.85. The minimum atomic E-state index is -0.348. The summed E-state index contributed by atoms with van der Waals surface area (Å²) in [5, 5.41) is 12.4. The van der Waals surface area contributed by atoms with E-state index in [1.807, 2.05) is 31.2 Å². The van der Waals surface area contributed by atoms with Crippen molar-refractivity contribution >= 4 is 29.2 Å². The summed E-state index contributed by atoms with van der Waals surface area (Å²) < 4.78 is 10.8.